The van der Waals surface area contributed by atoms with Crippen molar-refractivity contribution in [2.75, 3.05) is 26.7 Å². The number of β-amino-alcohol motifs (C(OH)–C–C–N with tert-alkyl or cyclic N) is 1. The lowest BCUT2D eigenvalue weighted by Gasteiger charge is -2.39. The van der Waals surface area contributed by atoms with Crippen molar-refractivity contribution in [2.45, 2.75) is 50.5 Å². The molecule has 0 aromatic rings. The predicted octanol–water partition coefficient (Wildman–Crippen LogP) is 1.57. The lowest BCUT2D eigenvalue weighted by Crippen LogP contribution is -2.47. The Morgan fingerprint density at radius 2 is 1.89 bits per heavy atom. The van der Waals surface area contributed by atoms with E-state index in [4.69, 9.17) is 4.74 Å². The molecule has 0 amide bonds. The highest BCUT2D eigenvalue weighted by Crippen LogP contribution is 2.30. The number of methoxy groups -OCH3 is 1. The topological polar surface area (TPSA) is 49.8 Å². The predicted molar refractivity (Wildman–Crippen MR) is 69.2 cm³/mol. The van der Waals surface area contributed by atoms with Crippen LogP contribution in [0.4, 0.5) is 0 Å². The van der Waals surface area contributed by atoms with Crippen molar-refractivity contribution < 1.29 is 14.6 Å². The van der Waals surface area contributed by atoms with Gasteiger partial charge in [-0.1, -0.05) is 19.3 Å². The van der Waals surface area contributed by atoms with Gasteiger partial charge in [0.2, 0.25) is 0 Å². The lowest BCUT2D eigenvalue weighted by atomic mass is 9.84. The summed E-state index contributed by atoms with van der Waals surface area (Å²) in [6.07, 6.45) is 7.15. The molecule has 1 saturated carbocycles. The molecule has 0 radical (unpaired) electrons. The van der Waals surface area contributed by atoms with Gasteiger partial charge >= 0.3 is 5.97 Å². The first-order valence-electron chi connectivity index (χ1n) is 7.15. The minimum absolute atomic E-state index is 0.0623. The molecule has 1 heterocycles. The van der Waals surface area contributed by atoms with Crippen LogP contribution < -0.4 is 0 Å². The zero-order valence-electron chi connectivity index (χ0n) is 11.4. The molecule has 4 nitrogen and oxygen atoms in total. The zero-order chi connectivity index (χ0) is 13.0. The van der Waals surface area contributed by atoms with Crippen molar-refractivity contribution in [1.29, 1.82) is 0 Å². The molecule has 1 aliphatic heterocycles. The maximum Gasteiger partial charge on any atom is 0.308 e. The number of hydrogen-bond donors (Lipinski definition) is 1. The zero-order valence-corrected chi connectivity index (χ0v) is 11.4. The van der Waals surface area contributed by atoms with E-state index in [-0.39, 0.29) is 11.9 Å². The Morgan fingerprint density at radius 1 is 1.28 bits per heavy atom. The summed E-state index contributed by atoms with van der Waals surface area (Å²) in [5.74, 6) is -0.0155. The molecule has 2 fully saturated rings. The van der Waals surface area contributed by atoms with E-state index in [1.165, 1.54) is 13.5 Å². The van der Waals surface area contributed by atoms with Gasteiger partial charge in [0.1, 0.15) is 0 Å². The van der Waals surface area contributed by atoms with E-state index >= 15 is 0 Å². The van der Waals surface area contributed by atoms with Gasteiger partial charge in [0, 0.05) is 6.54 Å². The highest BCUT2D eigenvalue weighted by atomic mass is 16.5. The number of hydrogen-bond acceptors (Lipinski definition) is 4. The summed E-state index contributed by atoms with van der Waals surface area (Å²) in [5.41, 5.74) is -0.476. The van der Waals surface area contributed by atoms with Crippen molar-refractivity contribution in [3.63, 3.8) is 0 Å². The number of carbonyl (C=O) groups excluding carboxylic acids is 1. The molecule has 104 valence electrons. The third kappa shape index (κ3) is 3.45. The molecule has 1 aliphatic carbocycles. The molecule has 1 N–H and O–H groups in total. The quantitative estimate of drug-likeness (QED) is 0.778. The van der Waals surface area contributed by atoms with Crippen LogP contribution >= 0.6 is 0 Å². The molecule has 1 saturated heterocycles. The van der Waals surface area contributed by atoms with Gasteiger partial charge in [0.25, 0.3) is 0 Å². The molecular weight excluding hydrogens is 230 g/mol. The van der Waals surface area contributed by atoms with Gasteiger partial charge in [0.15, 0.2) is 0 Å². The Balaban J connectivity index is 1.77. The maximum absolute atomic E-state index is 11.4. The number of ether oxygens (including phenoxy) is 1. The smallest absolute Gasteiger partial charge is 0.308 e. The minimum atomic E-state index is -0.476. The van der Waals surface area contributed by atoms with Gasteiger partial charge in [-0.25, -0.2) is 0 Å². The van der Waals surface area contributed by atoms with Crippen LogP contribution in [0.3, 0.4) is 0 Å². The van der Waals surface area contributed by atoms with Crippen LogP contribution in [0, 0.1) is 5.92 Å². The summed E-state index contributed by atoms with van der Waals surface area (Å²) in [6, 6.07) is 0. The monoisotopic (exact) mass is 255 g/mol. The highest BCUT2D eigenvalue weighted by molar-refractivity contribution is 5.72. The third-order valence-electron chi connectivity index (χ3n) is 4.42. The SMILES string of the molecule is COC(=O)C1CCN(CC2(O)CCCCC2)CC1. The average Bonchev–Trinajstić information content (AvgIpc) is 2.39. The number of nitrogens with zero attached hydrogens (tertiary/aromatic N) is 1. The fraction of sp³-hybridized carbons (Fsp3) is 0.929. The van der Waals surface area contributed by atoms with Gasteiger partial charge in [-0.3, -0.25) is 4.79 Å². The van der Waals surface area contributed by atoms with Gasteiger partial charge in [-0.2, -0.15) is 0 Å². The summed E-state index contributed by atoms with van der Waals surface area (Å²) >= 11 is 0. The summed E-state index contributed by atoms with van der Waals surface area (Å²) < 4.78 is 4.79. The number of esters is 1. The lowest BCUT2D eigenvalue weighted by molar-refractivity contribution is -0.147. The van der Waals surface area contributed by atoms with E-state index < -0.39 is 5.60 Å². The second-order valence-electron chi connectivity index (χ2n) is 5.86. The first-order chi connectivity index (χ1) is 8.63. The van der Waals surface area contributed by atoms with Crippen LogP contribution in [0.5, 0.6) is 0 Å². The second kappa shape index (κ2) is 6.02. The van der Waals surface area contributed by atoms with Crippen LogP contribution in [-0.4, -0.2) is 48.3 Å². The van der Waals surface area contributed by atoms with E-state index in [0.29, 0.717) is 0 Å². The Bertz CT molecular complexity index is 279. The van der Waals surface area contributed by atoms with Gasteiger partial charge in [0.05, 0.1) is 18.6 Å². The van der Waals surface area contributed by atoms with E-state index in [0.717, 1.165) is 58.2 Å². The second-order valence-corrected chi connectivity index (χ2v) is 5.86. The van der Waals surface area contributed by atoms with Crippen LogP contribution in [-0.2, 0) is 9.53 Å². The summed E-state index contributed by atoms with van der Waals surface area (Å²) in [7, 11) is 1.46. The molecule has 0 unspecified atom stereocenters. The van der Waals surface area contributed by atoms with Crippen molar-refractivity contribution in [2.24, 2.45) is 5.92 Å². The third-order valence-corrected chi connectivity index (χ3v) is 4.42. The summed E-state index contributed by atoms with van der Waals surface area (Å²) in [4.78, 5) is 13.7. The molecule has 0 bridgehead atoms. The first-order valence-corrected chi connectivity index (χ1v) is 7.15. The van der Waals surface area contributed by atoms with E-state index in [1.807, 2.05) is 0 Å². The molecule has 0 atom stereocenters. The summed E-state index contributed by atoms with van der Waals surface area (Å²) in [6.45, 7) is 2.59. The maximum atomic E-state index is 11.4. The largest absolute Gasteiger partial charge is 0.469 e. The van der Waals surface area contributed by atoms with Gasteiger partial charge < -0.3 is 14.7 Å². The Morgan fingerprint density at radius 3 is 2.44 bits per heavy atom. The normalized spacial score (nSPS) is 25.9. The number of aliphatic hydroxyl groups is 1. The molecule has 18 heavy (non-hydrogen) atoms. The van der Waals surface area contributed by atoms with Crippen molar-refractivity contribution in [3.05, 3.63) is 0 Å². The van der Waals surface area contributed by atoms with Crippen molar-refractivity contribution in [3.8, 4) is 0 Å². The van der Waals surface area contributed by atoms with Crippen LogP contribution in [0.25, 0.3) is 0 Å². The molecular formula is C14H25NO3. The number of likely N-dealkylation sites (tertiary alicyclic amines) is 1. The van der Waals surface area contributed by atoms with E-state index in [9.17, 15) is 9.90 Å². The Hall–Kier alpha value is -0.610. The van der Waals surface area contributed by atoms with Crippen molar-refractivity contribution in [1.82, 2.24) is 4.90 Å². The fourth-order valence-corrected chi connectivity index (χ4v) is 3.28. The average molecular weight is 255 g/mol. The first kappa shape index (κ1) is 13.8. The van der Waals surface area contributed by atoms with E-state index in [2.05, 4.69) is 4.90 Å². The molecule has 2 aliphatic rings. The summed E-state index contributed by atoms with van der Waals surface area (Å²) in [5, 5.41) is 10.5. The fourth-order valence-electron chi connectivity index (χ4n) is 3.28. The molecule has 0 aromatic carbocycles. The molecule has 2 rings (SSSR count). The van der Waals surface area contributed by atoms with Crippen LogP contribution in [0.1, 0.15) is 44.9 Å². The van der Waals surface area contributed by atoms with E-state index in [1.54, 1.807) is 0 Å². The number of piperidine rings is 1. The molecule has 4 heteroatoms. The Kier molecular flexibility index (Phi) is 4.62. The minimum Gasteiger partial charge on any atom is -0.469 e. The van der Waals surface area contributed by atoms with Gasteiger partial charge in [-0.05, 0) is 38.8 Å². The highest BCUT2D eigenvalue weighted by Gasteiger charge is 2.33. The molecule has 0 aromatic heterocycles. The number of rotatable bonds is 3. The van der Waals surface area contributed by atoms with Crippen LogP contribution in [0.2, 0.25) is 0 Å². The molecule has 0 spiro atoms. The Labute approximate surface area is 109 Å². The number of carbonyl (C=O) groups is 1. The van der Waals surface area contributed by atoms with Crippen LogP contribution in [0.15, 0.2) is 0 Å². The standard InChI is InChI=1S/C14H25NO3/c1-18-13(16)12-5-9-15(10-6-12)11-14(17)7-3-2-4-8-14/h12,17H,2-11H2,1H3. The van der Waals surface area contributed by atoms with Crippen molar-refractivity contribution >= 4 is 5.97 Å². The van der Waals surface area contributed by atoms with Gasteiger partial charge in [-0.15, -0.1) is 0 Å².